The number of aromatic nitrogens is 1. The van der Waals surface area contributed by atoms with Gasteiger partial charge in [0.1, 0.15) is 4.88 Å². The number of rotatable bonds is 2. The zero-order chi connectivity index (χ0) is 11.5. The highest BCUT2D eigenvalue weighted by atomic mass is 35.5. The summed E-state index contributed by atoms with van der Waals surface area (Å²) in [6.45, 7) is 3.27. The SMILES string of the molecule is Cc1ncsc1C(=O)N1CCCCC1CN.Cl.Cl. The molecule has 1 atom stereocenters. The van der Waals surface area contributed by atoms with E-state index in [-0.39, 0.29) is 36.8 Å². The summed E-state index contributed by atoms with van der Waals surface area (Å²) in [7, 11) is 0. The van der Waals surface area contributed by atoms with E-state index in [4.69, 9.17) is 5.73 Å². The predicted molar refractivity (Wildman–Crippen MR) is 79.1 cm³/mol. The van der Waals surface area contributed by atoms with Gasteiger partial charge in [0.05, 0.1) is 11.2 Å². The highest BCUT2D eigenvalue weighted by Crippen LogP contribution is 2.22. The van der Waals surface area contributed by atoms with Gasteiger partial charge in [-0.2, -0.15) is 0 Å². The number of carbonyl (C=O) groups excluding carboxylic acids is 1. The predicted octanol–water partition coefficient (Wildman–Crippen LogP) is 2.25. The van der Waals surface area contributed by atoms with E-state index >= 15 is 0 Å². The molecule has 1 aliphatic rings. The number of halogens is 2. The molecule has 0 bridgehead atoms. The maximum Gasteiger partial charge on any atom is 0.266 e. The molecule has 1 aromatic rings. The average Bonchev–Trinajstić information content (AvgIpc) is 2.74. The third-order valence-corrected chi connectivity index (χ3v) is 4.02. The standard InChI is InChI=1S/C11H17N3OS.2ClH/c1-8-10(16-7-13-8)11(15)14-5-3-2-4-9(14)6-12;;/h7,9H,2-6,12H2,1H3;2*1H. The molecule has 0 saturated carbocycles. The van der Waals surface area contributed by atoms with Crippen molar-refractivity contribution in [1.82, 2.24) is 9.88 Å². The molecule has 1 aromatic heterocycles. The number of hydrogen-bond donors (Lipinski definition) is 1. The topological polar surface area (TPSA) is 59.2 Å². The van der Waals surface area contributed by atoms with Crippen LogP contribution in [0.1, 0.15) is 34.6 Å². The third kappa shape index (κ3) is 3.57. The first-order chi connectivity index (χ1) is 7.74. The van der Waals surface area contributed by atoms with Gasteiger partial charge in [0.2, 0.25) is 0 Å². The molecule has 2 heterocycles. The summed E-state index contributed by atoms with van der Waals surface area (Å²) in [6, 6.07) is 0.211. The Morgan fingerprint density at radius 1 is 1.56 bits per heavy atom. The van der Waals surface area contributed by atoms with E-state index in [1.807, 2.05) is 11.8 Å². The van der Waals surface area contributed by atoms with Crippen LogP contribution < -0.4 is 5.73 Å². The number of carbonyl (C=O) groups is 1. The van der Waals surface area contributed by atoms with E-state index in [2.05, 4.69) is 4.98 Å². The first-order valence-corrected chi connectivity index (χ1v) is 6.53. The Balaban J connectivity index is 0.00000144. The molecule has 0 radical (unpaired) electrons. The lowest BCUT2D eigenvalue weighted by Crippen LogP contribution is -2.47. The van der Waals surface area contributed by atoms with Crippen molar-refractivity contribution < 1.29 is 4.79 Å². The first-order valence-electron chi connectivity index (χ1n) is 5.65. The van der Waals surface area contributed by atoms with Crippen molar-refractivity contribution >= 4 is 42.1 Å². The molecule has 1 unspecified atom stereocenters. The number of likely N-dealkylation sites (tertiary alicyclic amines) is 1. The van der Waals surface area contributed by atoms with Crippen molar-refractivity contribution in [1.29, 1.82) is 0 Å². The van der Waals surface area contributed by atoms with Gasteiger partial charge in [0, 0.05) is 19.1 Å². The quantitative estimate of drug-likeness (QED) is 0.911. The molecule has 7 heteroatoms. The summed E-state index contributed by atoms with van der Waals surface area (Å²) >= 11 is 1.42. The van der Waals surface area contributed by atoms with Gasteiger partial charge in [-0.3, -0.25) is 4.79 Å². The second kappa shape index (κ2) is 7.94. The minimum Gasteiger partial charge on any atom is -0.334 e. The molecule has 1 aliphatic heterocycles. The fourth-order valence-electron chi connectivity index (χ4n) is 2.15. The maximum absolute atomic E-state index is 12.3. The number of nitrogens with zero attached hydrogens (tertiary/aromatic N) is 2. The van der Waals surface area contributed by atoms with Gasteiger partial charge in [0.15, 0.2) is 0 Å². The van der Waals surface area contributed by atoms with Crippen molar-refractivity contribution in [3.63, 3.8) is 0 Å². The summed E-state index contributed by atoms with van der Waals surface area (Å²) in [6.07, 6.45) is 3.29. The maximum atomic E-state index is 12.3. The Hall–Kier alpha value is -0.360. The van der Waals surface area contributed by atoms with Gasteiger partial charge in [-0.15, -0.1) is 36.2 Å². The Bertz CT molecular complexity index is 386. The fourth-order valence-corrected chi connectivity index (χ4v) is 2.91. The molecule has 4 nitrogen and oxygen atoms in total. The van der Waals surface area contributed by atoms with Crippen molar-refractivity contribution in [3.05, 3.63) is 16.1 Å². The monoisotopic (exact) mass is 311 g/mol. The van der Waals surface area contributed by atoms with E-state index in [0.29, 0.717) is 6.54 Å². The lowest BCUT2D eigenvalue weighted by atomic mass is 10.0. The number of hydrogen-bond acceptors (Lipinski definition) is 4. The minimum atomic E-state index is 0. The van der Waals surface area contributed by atoms with Crippen LogP contribution in [0.15, 0.2) is 5.51 Å². The Labute approximate surface area is 124 Å². The molecule has 2 N–H and O–H groups in total. The van der Waals surface area contributed by atoms with E-state index in [1.165, 1.54) is 17.8 Å². The summed E-state index contributed by atoms with van der Waals surface area (Å²) in [5.74, 6) is 0.107. The summed E-state index contributed by atoms with van der Waals surface area (Å²) in [5.41, 5.74) is 8.27. The lowest BCUT2D eigenvalue weighted by molar-refractivity contribution is 0.0627. The van der Waals surface area contributed by atoms with Crippen LogP contribution in [0.2, 0.25) is 0 Å². The van der Waals surface area contributed by atoms with Crippen molar-refractivity contribution in [2.45, 2.75) is 32.2 Å². The van der Waals surface area contributed by atoms with Crippen LogP contribution in [0.4, 0.5) is 0 Å². The number of aryl methyl sites for hydroxylation is 1. The van der Waals surface area contributed by atoms with Crippen LogP contribution in [0.3, 0.4) is 0 Å². The largest absolute Gasteiger partial charge is 0.334 e. The molecule has 1 fully saturated rings. The van der Waals surface area contributed by atoms with E-state index in [0.717, 1.165) is 30.0 Å². The smallest absolute Gasteiger partial charge is 0.266 e. The normalized spacial score (nSPS) is 18.8. The molecular weight excluding hydrogens is 293 g/mol. The summed E-state index contributed by atoms with van der Waals surface area (Å²) in [5, 5.41) is 0. The molecular formula is C11H19Cl2N3OS. The number of thiazole rings is 1. The first kappa shape index (κ1) is 17.6. The highest BCUT2D eigenvalue weighted by Gasteiger charge is 2.28. The van der Waals surface area contributed by atoms with Crippen LogP contribution in [0, 0.1) is 6.92 Å². The van der Waals surface area contributed by atoms with Crippen molar-refractivity contribution in [2.75, 3.05) is 13.1 Å². The number of nitrogens with two attached hydrogens (primary N) is 1. The average molecular weight is 312 g/mol. The lowest BCUT2D eigenvalue weighted by Gasteiger charge is -2.34. The molecule has 0 aromatic carbocycles. The zero-order valence-corrected chi connectivity index (χ0v) is 12.7. The third-order valence-electron chi connectivity index (χ3n) is 3.10. The van der Waals surface area contributed by atoms with Gasteiger partial charge in [-0.1, -0.05) is 0 Å². The van der Waals surface area contributed by atoms with Crippen LogP contribution in [0.25, 0.3) is 0 Å². The van der Waals surface area contributed by atoms with Gasteiger partial charge in [0.25, 0.3) is 5.91 Å². The minimum absolute atomic E-state index is 0. The van der Waals surface area contributed by atoms with E-state index in [1.54, 1.807) is 5.51 Å². The van der Waals surface area contributed by atoms with E-state index in [9.17, 15) is 4.79 Å². The second-order valence-corrected chi connectivity index (χ2v) is 5.01. The second-order valence-electron chi connectivity index (χ2n) is 4.15. The Morgan fingerprint density at radius 2 is 2.28 bits per heavy atom. The van der Waals surface area contributed by atoms with Crippen LogP contribution in [0.5, 0.6) is 0 Å². The molecule has 2 rings (SSSR count). The molecule has 104 valence electrons. The molecule has 1 amide bonds. The van der Waals surface area contributed by atoms with Crippen molar-refractivity contribution in [3.8, 4) is 0 Å². The van der Waals surface area contributed by atoms with Crippen molar-refractivity contribution in [2.24, 2.45) is 5.73 Å². The van der Waals surface area contributed by atoms with Gasteiger partial charge < -0.3 is 10.6 Å². The van der Waals surface area contributed by atoms with Crippen LogP contribution >= 0.6 is 36.2 Å². The van der Waals surface area contributed by atoms with E-state index < -0.39 is 0 Å². The van der Waals surface area contributed by atoms with Gasteiger partial charge in [-0.25, -0.2) is 4.98 Å². The van der Waals surface area contributed by atoms with Crippen LogP contribution in [-0.4, -0.2) is 34.9 Å². The fraction of sp³-hybridized carbons (Fsp3) is 0.636. The van der Waals surface area contributed by atoms with Gasteiger partial charge >= 0.3 is 0 Å². The molecule has 1 saturated heterocycles. The number of piperidine rings is 1. The zero-order valence-electron chi connectivity index (χ0n) is 10.3. The highest BCUT2D eigenvalue weighted by molar-refractivity contribution is 7.11. The Kier molecular flexibility index (Phi) is 7.78. The molecule has 0 spiro atoms. The summed E-state index contributed by atoms with van der Waals surface area (Å²) < 4.78 is 0. The summed E-state index contributed by atoms with van der Waals surface area (Å²) in [4.78, 5) is 19.1. The van der Waals surface area contributed by atoms with Gasteiger partial charge in [-0.05, 0) is 26.2 Å². The Morgan fingerprint density at radius 3 is 2.83 bits per heavy atom. The molecule has 18 heavy (non-hydrogen) atoms. The van der Waals surface area contributed by atoms with Crippen LogP contribution in [-0.2, 0) is 0 Å². The molecule has 0 aliphatic carbocycles. The number of amides is 1.